The van der Waals surface area contributed by atoms with Crippen molar-refractivity contribution in [2.24, 2.45) is 11.8 Å². The minimum Gasteiger partial charge on any atom is -0.379 e. The van der Waals surface area contributed by atoms with E-state index in [9.17, 15) is 0 Å². The normalized spacial score (nSPS) is 13.7. The van der Waals surface area contributed by atoms with Crippen molar-refractivity contribution in [1.29, 1.82) is 0 Å². The van der Waals surface area contributed by atoms with Crippen molar-refractivity contribution in [3.63, 3.8) is 0 Å². The third-order valence-corrected chi connectivity index (χ3v) is 6.53. The number of rotatable bonds is 25. The molecule has 2 atom stereocenters. The Kier molecular flexibility index (Phi) is 24.4. The van der Waals surface area contributed by atoms with E-state index in [2.05, 4.69) is 39.6 Å². The molecule has 0 aliphatic rings. The quantitative estimate of drug-likeness (QED) is 0.133. The molecule has 188 valence electrons. The van der Waals surface area contributed by atoms with Crippen molar-refractivity contribution in [2.75, 3.05) is 46.6 Å². The van der Waals surface area contributed by atoms with E-state index in [1.165, 1.54) is 103 Å². The lowest BCUT2D eigenvalue weighted by atomic mass is 9.95. The lowest BCUT2D eigenvalue weighted by molar-refractivity contribution is 0.0374. The molecule has 3 nitrogen and oxygen atoms in total. The first-order valence-electron chi connectivity index (χ1n) is 14.0. The number of ether oxygens (including phenoxy) is 2. The Labute approximate surface area is 197 Å². The molecule has 0 spiro atoms. The second-order valence-corrected chi connectivity index (χ2v) is 9.94. The summed E-state index contributed by atoms with van der Waals surface area (Å²) in [5, 5.41) is 0. The van der Waals surface area contributed by atoms with E-state index in [0.717, 1.165) is 44.8 Å². The molecule has 0 N–H and O–H groups in total. The Morgan fingerprint density at radius 2 is 1.13 bits per heavy atom. The zero-order valence-electron chi connectivity index (χ0n) is 22.3. The van der Waals surface area contributed by atoms with E-state index in [4.69, 9.17) is 9.47 Å². The predicted molar refractivity (Wildman–Crippen MR) is 138 cm³/mol. The molecular weight excluding hydrogens is 382 g/mol. The fourth-order valence-corrected chi connectivity index (χ4v) is 4.35. The highest BCUT2D eigenvalue weighted by atomic mass is 16.5. The van der Waals surface area contributed by atoms with Crippen LogP contribution in [0.3, 0.4) is 0 Å². The number of nitrogens with zero attached hydrogens (tertiary/aromatic N) is 1. The van der Waals surface area contributed by atoms with Gasteiger partial charge in [-0.3, -0.25) is 0 Å². The van der Waals surface area contributed by atoms with Gasteiger partial charge in [-0.1, -0.05) is 98.3 Å². The van der Waals surface area contributed by atoms with E-state index in [-0.39, 0.29) is 0 Å². The van der Waals surface area contributed by atoms with Crippen LogP contribution >= 0.6 is 0 Å². The standard InChI is InChI=1S/C28H59NO2/c1-6-9-12-14-17-27(4)18-16-22-30-24-25-31-23-21-29(5)26-28(19-11-8-3)20-15-13-10-7-2/h27-28H,6-26H2,1-5H3. The second-order valence-electron chi connectivity index (χ2n) is 9.94. The van der Waals surface area contributed by atoms with Crippen molar-refractivity contribution in [2.45, 2.75) is 124 Å². The SMILES string of the molecule is CCCCCCC(C)CCCOCCOCCN(C)CC(CCCC)CCCCCC. The number of hydrogen-bond acceptors (Lipinski definition) is 3. The van der Waals surface area contributed by atoms with Crippen LogP contribution in [0, 0.1) is 11.8 Å². The van der Waals surface area contributed by atoms with Crippen LogP contribution in [0.15, 0.2) is 0 Å². The maximum Gasteiger partial charge on any atom is 0.0701 e. The molecule has 2 unspecified atom stereocenters. The minimum absolute atomic E-state index is 0.733. The first kappa shape index (κ1) is 30.9. The molecule has 0 aromatic heterocycles. The maximum absolute atomic E-state index is 5.82. The number of hydrogen-bond donors (Lipinski definition) is 0. The van der Waals surface area contributed by atoms with Gasteiger partial charge in [0.1, 0.15) is 0 Å². The summed E-state index contributed by atoms with van der Waals surface area (Å²) >= 11 is 0. The van der Waals surface area contributed by atoms with Crippen LogP contribution in [0.1, 0.15) is 124 Å². The fraction of sp³-hybridized carbons (Fsp3) is 1.00. The molecule has 0 fully saturated rings. The average Bonchev–Trinajstić information content (AvgIpc) is 2.76. The summed E-state index contributed by atoms with van der Waals surface area (Å²) in [7, 11) is 2.26. The fourth-order valence-electron chi connectivity index (χ4n) is 4.35. The molecule has 0 radical (unpaired) electrons. The lowest BCUT2D eigenvalue weighted by Crippen LogP contribution is -2.29. The number of unbranched alkanes of at least 4 members (excludes halogenated alkanes) is 7. The van der Waals surface area contributed by atoms with Crippen LogP contribution in [0.2, 0.25) is 0 Å². The molecule has 0 saturated carbocycles. The summed E-state index contributed by atoms with van der Waals surface area (Å²) < 4.78 is 11.6. The van der Waals surface area contributed by atoms with Crippen LogP contribution < -0.4 is 0 Å². The minimum atomic E-state index is 0.733. The molecule has 31 heavy (non-hydrogen) atoms. The van der Waals surface area contributed by atoms with Gasteiger partial charge >= 0.3 is 0 Å². The van der Waals surface area contributed by atoms with Gasteiger partial charge < -0.3 is 14.4 Å². The monoisotopic (exact) mass is 441 g/mol. The number of likely N-dealkylation sites (N-methyl/N-ethyl adjacent to an activating group) is 1. The molecular formula is C28H59NO2. The van der Waals surface area contributed by atoms with Gasteiger partial charge in [-0.25, -0.2) is 0 Å². The van der Waals surface area contributed by atoms with Crippen molar-refractivity contribution in [3.05, 3.63) is 0 Å². The van der Waals surface area contributed by atoms with Gasteiger partial charge in [0.05, 0.1) is 19.8 Å². The van der Waals surface area contributed by atoms with Crippen molar-refractivity contribution < 1.29 is 9.47 Å². The molecule has 0 aliphatic carbocycles. The zero-order valence-corrected chi connectivity index (χ0v) is 22.3. The highest BCUT2D eigenvalue weighted by Crippen LogP contribution is 2.18. The van der Waals surface area contributed by atoms with Gasteiger partial charge in [0, 0.05) is 19.7 Å². The summed E-state index contributed by atoms with van der Waals surface area (Å²) in [5.41, 5.74) is 0. The smallest absolute Gasteiger partial charge is 0.0701 e. The summed E-state index contributed by atoms with van der Waals surface area (Å²) in [6, 6.07) is 0. The second kappa shape index (κ2) is 24.5. The maximum atomic E-state index is 5.82. The first-order chi connectivity index (χ1) is 15.1. The molecule has 0 heterocycles. The highest BCUT2D eigenvalue weighted by Gasteiger charge is 2.11. The summed E-state index contributed by atoms with van der Waals surface area (Å²) in [6.07, 6.45) is 20.4. The zero-order chi connectivity index (χ0) is 23.0. The summed E-state index contributed by atoms with van der Waals surface area (Å²) in [4.78, 5) is 2.48. The largest absolute Gasteiger partial charge is 0.379 e. The van der Waals surface area contributed by atoms with Gasteiger partial charge in [-0.15, -0.1) is 0 Å². The van der Waals surface area contributed by atoms with Gasteiger partial charge in [-0.05, 0) is 44.6 Å². The average molecular weight is 442 g/mol. The van der Waals surface area contributed by atoms with Crippen LogP contribution in [0.5, 0.6) is 0 Å². The Balaban J connectivity index is 3.60. The predicted octanol–water partition coefficient (Wildman–Crippen LogP) is 8.11. The molecule has 0 aromatic carbocycles. The third kappa shape index (κ3) is 22.9. The lowest BCUT2D eigenvalue weighted by Gasteiger charge is -2.24. The van der Waals surface area contributed by atoms with Crippen molar-refractivity contribution >= 4 is 0 Å². The van der Waals surface area contributed by atoms with Crippen molar-refractivity contribution in [3.8, 4) is 0 Å². The highest BCUT2D eigenvalue weighted by molar-refractivity contribution is 4.65. The Morgan fingerprint density at radius 3 is 1.77 bits per heavy atom. The Morgan fingerprint density at radius 1 is 0.581 bits per heavy atom. The van der Waals surface area contributed by atoms with Crippen LogP contribution in [-0.4, -0.2) is 51.5 Å². The molecule has 0 bridgehead atoms. The molecule has 0 aromatic rings. The Hall–Kier alpha value is -0.120. The van der Waals surface area contributed by atoms with E-state index in [1.807, 2.05) is 0 Å². The van der Waals surface area contributed by atoms with Crippen molar-refractivity contribution in [1.82, 2.24) is 4.90 Å². The molecule has 0 rings (SSSR count). The van der Waals surface area contributed by atoms with E-state index >= 15 is 0 Å². The van der Waals surface area contributed by atoms with Gasteiger partial charge in [-0.2, -0.15) is 0 Å². The molecule has 0 amide bonds. The molecule has 0 saturated heterocycles. The third-order valence-electron chi connectivity index (χ3n) is 6.53. The van der Waals surface area contributed by atoms with Crippen LogP contribution in [0.25, 0.3) is 0 Å². The molecule has 0 aliphatic heterocycles. The van der Waals surface area contributed by atoms with Gasteiger partial charge in [0.15, 0.2) is 0 Å². The van der Waals surface area contributed by atoms with E-state index < -0.39 is 0 Å². The van der Waals surface area contributed by atoms with E-state index in [1.54, 1.807) is 0 Å². The summed E-state index contributed by atoms with van der Waals surface area (Å²) in [5.74, 6) is 1.71. The van der Waals surface area contributed by atoms with Crippen LogP contribution in [0.4, 0.5) is 0 Å². The van der Waals surface area contributed by atoms with E-state index in [0.29, 0.717) is 0 Å². The van der Waals surface area contributed by atoms with Gasteiger partial charge in [0.25, 0.3) is 0 Å². The summed E-state index contributed by atoms with van der Waals surface area (Å²) in [6.45, 7) is 14.7. The van der Waals surface area contributed by atoms with Crippen LogP contribution in [-0.2, 0) is 9.47 Å². The molecule has 3 heteroatoms. The first-order valence-corrected chi connectivity index (χ1v) is 14.0. The van der Waals surface area contributed by atoms with Gasteiger partial charge in [0.2, 0.25) is 0 Å². The Bertz CT molecular complexity index is 337. The topological polar surface area (TPSA) is 21.7 Å².